The van der Waals surface area contributed by atoms with Gasteiger partial charge in [0.15, 0.2) is 0 Å². The molecule has 0 aromatic carbocycles. The van der Waals surface area contributed by atoms with Crippen LogP contribution in [0.2, 0.25) is 5.54 Å². The molecule has 0 heterocycles. The molecular weight excluding hydrogens is 335 g/mol. The molecule has 120 valence electrons. The van der Waals surface area contributed by atoms with E-state index >= 15 is 0 Å². The first-order valence-corrected chi connectivity index (χ1v) is 12.8. The monoisotopic (exact) mass is 360 g/mol. The van der Waals surface area contributed by atoms with Gasteiger partial charge in [-0.2, -0.15) is 0 Å². The van der Waals surface area contributed by atoms with Gasteiger partial charge in [0.05, 0.1) is 5.54 Å². The Morgan fingerprint density at radius 3 is 1.65 bits per heavy atom. The molecule has 1 N–H and O–H groups in total. The van der Waals surface area contributed by atoms with Gasteiger partial charge in [-0.05, 0) is 6.42 Å². The van der Waals surface area contributed by atoms with E-state index in [1.807, 2.05) is 0 Å². The number of unbranched alkanes of at least 4 members (excludes halogenated alkanes) is 9. The van der Waals surface area contributed by atoms with E-state index < -0.39 is 17.5 Å². The average Bonchev–Trinajstić information content (AvgIpc) is 2.34. The van der Waals surface area contributed by atoms with Gasteiger partial charge in [0, 0.05) is 0 Å². The second kappa shape index (κ2) is 12.1. The lowest BCUT2D eigenvalue weighted by Crippen LogP contribution is -2.27. The van der Waals surface area contributed by atoms with E-state index in [0.717, 1.165) is 19.3 Å². The van der Waals surface area contributed by atoms with Crippen molar-refractivity contribution in [1.29, 1.82) is 0 Å². The van der Waals surface area contributed by atoms with Gasteiger partial charge in [-0.3, -0.25) is 4.79 Å². The maximum absolute atomic E-state index is 11.0. The lowest BCUT2D eigenvalue weighted by molar-refractivity contribution is -0.137. The van der Waals surface area contributed by atoms with Crippen molar-refractivity contribution in [1.82, 2.24) is 0 Å². The minimum absolute atomic E-state index is 0.495. The fourth-order valence-electron chi connectivity index (χ4n) is 2.26. The molecule has 0 rings (SSSR count). The van der Waals surface area contributed by atoms with Gasteiger partial charge < -0.3 is 5.11 Å². The summed E-state index contributed by atoms with van der Waals surface area (Å²) >= 11 is 17.4. The molecule has 1 atom stereocenters. The predicted molar refractivity (Wildman–Crippen MR) is 91.2 cm³/mol. The van der Waals surface area contributed by atoms with E-state index in [9.17, 15) is 4.79 Å². The summed E-state index contributed by atoms with van der Waals surface area (Å²) in [6.07, 6.45) is 12.7. The topological polar surface area (TPSA) is 37.3 Å². The summed E-state index contributed by atoms with van der Waals surface area (Å²) in [5.74, 6) is -0.965. The maximum Gasteiger partial charge on any atom is 0.355 e. The number of carboxylic acids is 1. The molecule has 0 radical (unpaired) electrons. The lowest BCUT2D eigenvalue weighted by Gasteiger charge is -2.17. The first kappa shape index (κ1) is 20.6. The summed E-state index contributed by atoms with van der Waals surface area (Å²) in [6.45, 7) is 2.23. The second-order valence-electron chi connectivity index (χ2n) is 5.40. The Morgan fingerprint density at radius 1 is 0.900 bits per heavy atom. The van der Waals surface area contributed by atoms with Crippen molar-refractivity contribution in [2.75, 3.05) is 0 Å². The van der Waals surface area contributed by atoms with Gasteiger partial charge in [0.25, 0.3) is 0 Å². The largest absolute Gasteiger partial charge is 0.481 e. The van der Waals surface area contributed by atoms with Crippen molar-refractivity contribution in [3.63, 3.8) is 0 Å². The zero-order valence-corrected chi connectivity index (χ0v) is 15.6. The number of carbonyl (C=O) groups is 1. The Kier molecular flexibility index (Phi) is 12.5. The highest BCUT2D eigenvalue weighted by atomic mass is 35.8. The zero-order chi connectivity index (χ0) is 15.4. The third-order valence-corrected chi connectivity index (χ3v) is 7.24. The Hall–Kier alpha value is 0.557. The highest BCUT2D eigenvalue weighted by molar-refractivity contribution is 7.65. The Balaban J connectivity index is 3.49. The molecule has 6 heteroatoms. The highest BCUT2D eigenvalue weighted by Crippen LogP contribution is 2.37. The molecule has 0 aliphatic carbocycles. The first-order valence-electron chi connectivity index (χ1n) is 7.69. The summed E-state index contributed by atoms with van der Waals surface area (Å²) in [7, 11) is 0. The van der Waals surface area contributed by atoms with Crippen LogP contribution in [-0.2, 0) is 4.79 Å². The molecule has 0 amide bonds. The highest BCUT2D eigenvalue weighted by Gasteiger charge is 2.41. The molecule has 2 nitrogen and oxygen atoms in total. The van der Waals surface area contributed by atoms with Gasteiger partial charge in [0.2, 0.25) is 0 Å². The third kappa shape index (κ3) is 11.2. The summed E-state index contributed by atoms with van der Waals surface area (Å²) in [5, 5.41) is 9.03. The molecule has 0 aliphatic rings. The smallest absolute Gasteiger partial charge is 0.355 e. The zero-order valence-electron chi connectivity index (χ0n) is 12.3. The minimum Gasteiger partial charge on any atom is -0.481 e. The van der Waals surface area contributed by atoms with E-state index in [4.69, 9.17) is 38.3 Å². The first-order chi connectivity index (χ1) is 9.39. The van der Waals surface area contributed by atoms with E-state index in [-0.39, 0.29) is 0 Å². The van der Waals surface area contributed by atoms with Crippen molar-refractivity contribution >= 4 is 45.2 Å². The van der Waals surface area contributed by atoms with Crippen molar-refractivity contribution in [2.45, 2.75) is 83.1 Å². The normalized spacial score (nSPS) is 13.4. The molecule has 20 heavy (non-hydrogen) atoms. The summed E-state index contributed by atoms with van der Waals surface area (Å²) < 4.78 is 0. The van der Waals surface area contributed by atoms with E-state index in [2.05, 4.69) is 6.92 Å². The van der Waals surface area contributed by atoms with Crippen molar-refractivity contribution in [3.8, 4) is 0 Å². The van der Waals surface area contributed by atoms with Crippen LogP contribution >= 0.6 is 33.2 Å². The van der Waals surface area contributed by atoms with E-state index in [1.165, 1.54) is 44.9 Å². The van der Waals surface area contributed by atoms with Crippen LogP contribution in [-0.4, -0.2) is 17.1 Å². The summed E-state index contributed by atoms with van der Waals surface area (Å²) in [5.41, 5.74) is -0.762. The van der Waals surface area contributed by atoms with E-state index in [1.54, 1.807) is 0 Å². The Bertz CT molecular complexity index is 257. The average molecular weight is 362 g/mol. The molecule has 0 fully saturated rings. The van der Waals surface area contributed by atoms with Gasteiger partial charge in [-0.1, -0.05) is 71.1 Å². The van der Waals surface area contributed by atoms with Crippen LogP contribution in [0.1, 0.15) is 77.6 Å². The van der Waals surface area contributed by atoms with Crippen LogP contribution in [0.3, 0.4) is 0 Å². The van der Waals surface area contributed by atoms with Crippen molar-refractivity contribution in [3.05, 3.63) is 0 Å². The standard InChI is InChI=1S/C14H27Cl3O2Si/c1-2-3-4-5-6-7-8-9-10-11-12-13(14(18)19)20(15,16)17/h13H,2-12H2,1H3,(H,18,19). The number of aliphatic carboxylic acids is 1. The van der Waals surface area contributed by atoms with Crippen LogP contribution in [0.5, 0.6) is 0 Å². The van der Waals surface area contributed by atoms with Crippen LogP contribution in [0.25, 0.3) is 0 Å². The van der Waals surface area contributed by atoms with Crippen molar-refractivity contribution in [2.24, 2.45) is 0 Å². The maximum atomic E-state index is 11.0. The fourth-order valence-corrected chi connectivity index (χ4v) is 4.90. The lowest BCUT2D eigenvalue weighted by atomic mass is 10.1. The molecule has 0 bridgehead atoms. The molecule has 0 aromatic heterocycles. The molecular formula is C14H27Cl3O2Si. The van der Waals surface area contributed by atoms with Gasteiger partial charge >= 0.3 is 12.0 Å². The molecule has 1 unspecified atom stereocenters. The second-order valence-corrected chi connectivity index (χ2v) is 14.3. The molecule has 0 saturated heterocycles. The number of hydrogen-bond donors (Lipinski definition) is 1. The third-order valence-electron chi connectivity index (χ3n) is 3.54. The minimum atomic E-state index is -3.13. The molecule has 0 aromatic rings. The molecule has 0 aliphatic heterocycles. The molecule has 0 saturated carbocycles. The Morgan fingerprint density at radius 2 is 1.30 bits per heavy atom. The Labute approximate surface area is 138 Å². The predicted octanol–water partition coefficient (Wildman–Crippen LogP) is 6.41. The van der Waals surface area contributed by atoms with Gasteiger partial charge in [-0.15, -0.1) is 33.2 Å². The van der Waals surface area contributed by atoms with Crippen LogP contribution in [0.15, 0.2) is 0 Å². The van der Waals surface area contributed by atoms with Crippen LogP contribution in [0, 0.1) is 0 Å². The number of halogens is 3. The SMILES string of the molecule is CCCCCCCCCCCCC(C(=O)O)[Si](Cl)(Cl)Cl. The van der Waals surface area contributed by atoms with Crippen molar-refractivity contribution < 1.29 is 9.90 Å². The molecule has 0 spiro atoms. The fraction of sp³-hybridized carbons (Fsp3) is 0.929. The summed E-state index contributed by atoms with van der Waals surface area (Å²) in [4.78, 5) is 11.0. The van der Waals surface area contributed by atoms with Crippen LogP contribution in [0.4, 0.5) is 0 Å². The number of carboxylic acid groups (broad SMARTS) is 1. The van der Waals surface area contributed by atoms with Crippen LogP contribution < -0.4 is 0 Å². The number of hydrogen-bond acceptors (Lipinski definition) is 1. The van der Waals surface area contributed by atoms with Gasteiger partial charge in [0.1, 0.15) is 0 Å². The summed E-state index contributed by atoms with van der Waals surface area (Å²) in [6, 6.07) is -3.13. The number of rotatable bonds is 13. The van der Waals surface area contributed by atoms with E-state index in [0.29, 0.717) is 6.42 Å². The van der Waals surface area contributed by atoms with Gasteiger partial charge in [-0.25, -0.2) is 0 Å². The quantitative estimate of drug-likeness (QED) is 0.234.